The van der Waals surface area contributed by atoms with Crippen LogP contribution >= 0.6 is 11.3 Å². The molecule has 2 nitrogen and oxygen atoms in total. The lowest BCUT2D eigenvalue weighted by Crippen LogP contribution is -2.32. The van der Waals surface area contributed by atoms with E-state index in [2.05, 4.69) is 16.8 Å². The summed E-state index contributed by atoms with van der Waals surface area (Å²) >= 11 is 1.74. The first-order valence-corrected chi connectivity index (χ1v) is 4.60. The summed E-state index contributed by atoms with van der Waals surface area (Å²) in [5, 5.41) is 5.26. The van der Waals surface area contributed by atoms with Crippen LogP contribution in [-0.2, 0) is 0 Å². The smallest absolute Gasteiger partial charge is 0.0563 e. The number of likely N-dealkylation sites (N-methyl/N-ethyl adjacent to an activating group) is 1. The highest BCUT2D eigenvalue weighted by molar-refractivity contribution is 7.10. The summed E-state index contributed by atoms with van der Waals surface area (Å²) < 4.78 is 0. The van der Waals surface area contributed by atoms with Crippen molar-refractivity contribution in [2.75, 3.05) is 7.05 Å². The second-order valence-corrected chi connectivity index (χ2v) is 3.62. The second-order valence-electron chi connectivity index (χ2n) is 2.64. The molecule has 0 aliphatic carbocycles. The van der Waals surface area contributed by atoms with E-state index in [1.54, 1.807) is 11.3 Å². The van der Waals surface area contributed by atoms with Crippen LogP contribution in [0.1, 0.15) is 17.8 Å². The predicted octanol–water partition coefficient (Wildman–Crippen LogP) is 1.36. The first-order valence-electron chi connectivity index (χ1n) is 3.72. The topological polar surface area (TPSA) is 38.0 Å². The molecule has 1 aromatic heterocycles. The number of nitrogens with one attached hydrogen (secondary N) is 1. The van der Waals surface area contributed by atoms with Gasteiger partial charge in [-0.1, -0.05) is 6.07 Å². The summed E-state index contributed by atoms with van der Waals surface area (Å²) in [7, 11) is 1.94. The molecule has 0 fully saturated rings. The summed E-state index contributed by atoms with van der Waals surface area (Å²) in [6.07, 6.45) is 0. The SMILES string of the molecule is CNC(c1cccs1)C(C)N. The van der Waals surface area contributed by atoms with Gasteiger partial charge in [-0.3, -0.25) is 0 Å². The van der Waals surface area contributed by atoms with Gasteiger partial charge in [-0.25, -0.2) is 0 Å². The first-order chi connectivity index (χ1) is 5.25. The molecule has 0 aliphatic heterocycles. The van der Waals surface area contributed by atoms with Crippen LogP contribution < -0.4 is 11.1 Å². The maximum Gasteiger partial charge on any atom is 0.0563 e. The molecule has 11 heavy (non-hydrogen) atoms. The number of hydrogen-bond acceptors (Lipinski definition) is 3. The van der Waals surface area contributed by atoms with Crippen molar-refractivity contribution >= 4 is 11.3 Å². The van der Waals surface area contributed by atoms with Crippen LogP contribution in [0.5, 0.6) is 0 Å². The van der Waals surface area contributed by atoms with Gasteiger partial charge in [0.05, 0.1) is 6.04 Å². The van der Waals surface area contributed by atoms with Crippen molar-refractivity contribution < 1.29 is 0 Å². The lowest BCUT2D eigenvalue weighted by molar-refractivity contribution is 0.511. The summed E-state index contributed by atoms with van der Waals surface area (Å²) in [6.45, 7) is 2.01. The molecule has 3 N–H and O–H groups in total. The third-order valence-corrected chi connectivity index (χ3v) is 2.64. The van der Waals surface area contributed by atoms with Crippen LogP contribution in [0.25, 0.3) is 0 Å². The summed E-state index contributed by atoms with van der Waals surface area (Å²) in [6, 6.07) is 4.62. The zero-order valence-corrected chi connectivity index (χ0v) is 7.69. The lowest BCUT2D eigenvalue weighted by atomic mass is 10.1. The Hall–Kier alpha value is -0.380. The molecule has 2 unspecified atom stereocenters. The highest BCUT2D eigenvalue weighted by atomic mass is 32.1. The van der Waals surface area contributed by atoms with Crippen molar-refractivity contribution in [2.24, 2.45) is 5.73 Å². The van der Waals surface area contributed by atoms with Crippen LogP contribution in [0.3, 0.4) is 0 Å². The van der Waals surface area contributed by atoms with Gasteiger partial charge in [0.1, 0.15) is 0 Å². The molecule has 0 bridgehead atoms. The lowest BCUT2D eigenvalue weighted by Gasteiger charge is -2.17. The van der Waals surface area contributed by atoms with Crippen LogP contribution in [0.4, 0.5) is 0 Å². The largest absolute Gasteiger partial charge is 0.326 e. The van der Waals surface area contributed by atoms with E-state index in [1.165, 1.54) is 4.88 Å². The Morgan fingerprint density at radius 2 is 2.36 bits per heavy atom. The summed E-state index contributed by atoms with van der Waals surface area (Å²) in [4.78, 5) is 1.31. The Labute approximate surface area is 71.4 Å². The number of rotatable bonds is 3. The molecule has 0 radical (unpaired) electrons. The zero-order valence-electron chi connectivity index (χ0n) is 6.87. The Balaban J connectivity index is 2.71. The number of nitrogens with two attached hydrogens (primary N) is 1. The molecule has 2 atom stereocenters. The standard InChI is InChI=1S/C8H14N2S/c1-6(9)8(10-2)7-4-3-5-11-7/h3-6,8,10H,9H2,1-2H3. The van der Waals surface area contributed by atoms with Gasteiger partial charge in [0.2, 0.25) is 0 Å². The van der Waals surface area contributed by atoms with Gasteiger partial charge in [0, 0.05) is 10.9 Å². The van der Waals surface area contributed by atoms with E-state index in [0.717, 1.165) is 0 Å². The molecular formula is C8H14N2S. The molecule has 3 heteroatoms. The molecule has 1 aromatic rings. The molecular weight excluding hydrogens is 156 g/mol. The minimum atomic E-state index is 0.165. The fourth-order valence-electron chi connectivity index (χ4n) is 1.13. The van der Waals surface area contributed by atoms with Crippen molar-refractivity contribution in [1.29, 1.82) is 0 Å². The molecule has 62 valence electrons. The van der Waals surface area contributed by atoms with Crippen LogP contribution in [0.2, 0.25) is 0 Å². The van der Waals surface area contributed by atoms with E-state index < -0.39 is 0 Å². The van der Waals surface area contributed by atoms with Crippen molar-refractivity contribution in [3.63, 3.8) is 0 Å². The van der Waals surface area contributed by atoms with Gasteiger partial charge in [0.25, 0.3) is 0 Å². The molecule has 0 saturated carbocycles. The van der Waals surface area contributed by atoms with Crippen LogP contribution in [-0.4, -0.2) is 13.1 Å². The van der Waals surface area contributed by atoms with E-state index in [-0.39, 0.29) is 6.04 Å². The van der Waals surface area contributed by atoms with E-state index in [9.17, 15) is 0 Å². The van der Waals surface area contributed by atoms with Crippen LogP contribution in [0, 0.1) is 0 Å². The Morgan fingerprint density at radius 1 is 1.64 bits per heavy atom. The fourth-order valence-corrected chi connectivity index (χ4v) is 2.08. The maximum absolute atomic E-state index is 5.78. The highest BCUT2D eigenvalue weighted by Gasteiger charge is 2.13. The van der Waals surface area contributed by atoms with Gasteiger partial charge in [-0.05, 0) is 25.4 Å². The summed E-state index contributed by atoms with van der Waals surface area (Å²) in [5.74, 6) is 0. The minimum Gasteiger partial charge on any atom is -0.326 e. The van der Waals surface area contributed by atoms with E-state index in [0.29, 0.717) is 6.04 Å². The Morgan fingerprint density at radius 3 is 2.73 bits per heavy atom. The van der Waals surface area contributed by atoms with Gasteiger partial charge in [-0.15, -0.1) is 11.3 Å². The Bertz CT molecular complexity index is 194. The fraction of sp³-hybridized carbons (Fsp3) is 0.500. The average Bonchev–Trinajstić information content (AvgIpc) is 2.40. The minimum absolute atomic E-state index is 0.165. The highest BCUT2D eigenvalue weighted by Crippen LogP contribution is 2.20. The van der Waals surface area contributed by atoms with Crippen molar-refractivity contribution in [1.82, 2.24) is 5.32 Å². The van der Waals surface area contributed by atoms with Crippen molar-refractivity contribution in [3.8, 4) is 0 Å². The molecule has 0 aromatic carbocycles. The third kappa shape index (κ3) is 2.02. The van der Waals surface area contributed by atoms with Gasteiger partial charge >= 0.3 is 0 Å². The van der Waals surface area contributed by atoms with E-state index in [4.69, 9.17) is 5.73 Å². The van der Waals surface area contributed by atoms with Crippen LogP contribution in [0.15, 0.2) is 17.5 Å². The molecule has 1 heterocycles. The first kappa shape index (κ1) is 8.71. The zero-order chi connectivity index (χ0) is 8.27. The predicted molar refractivity (Wildman–Crippen MR) is 49.8 cm³/mol. The molecule has 1 rings (SSSR count). The van der Waals surface area contributed by atoms with Gasteiger partial charge < -0.3 is 11.1 Å². The maximum atomic E-state index is 5.78. The second kappa shape index (κ2) is 3.85. The number of hydrogen-bond donors (Lipinski definition) is 2. The average molecular weight is 170 g/mol. The molecule has 0 saturated heterocycles. The summed E-state index contributed by atoms with van der Waals surface area (Å²) in [5.41, 5.74) is 5.78. The number of thiophene rings is 1. The van der Waals surface area contributed by atoms with E-state index in [1.807, 2.05) is 20.0 Å². The van der Waals surface area contributed by atoms with Gasteiger partial charge in [-0.2, -0.15) is 0 Å². The third-order valence-electron chi connectivity index (χ3n) is 1.69. The van der Waals surface area contributed by atoms with Crippen molar-refractivity contribution in [2.45, 2.75) is 19.0 Å². The molecule has 0 spiro atoms. The van der Waals surface area contributed by atoms with Crippen molar-refractivity contribution in [3.05, 3.63) is 22.4 Å². The monoisotopic (exact) mass is 170 g/mol. The molecule has 0 aliphatic rings. The van der Waals surface area contributed by atoms with Gasteiger partial charge in [0.15, 0.2) is 0 Å². The quantitative estimate of drug-likeness (QED) is 0.718. The molecule has 0 amide bonds. The Kier molecular flexibility index (Phi) is 3.05. The normalized spacial score (nSPS) is 16.3. The van der Waals surface area contributed by atoms with E-state index >= 15 is 0 Å².